The summed E-state index contributed by atoms with van der Waals surface area (Å²) in [7, 11) is 3.08. The molecular weight excluding hydrogens is 438 g/mol. The molecule has 1 aliphatic rings. The zero-order valence-electron chi connectivity index (χ0n) is 19.4. The summed E-state index contributed by atoms with van der Waals surface area (Å²) < 4.78 is 10.7. The number of nitrogens with zero attached hydrogens (tertiary/aromatic N) is 1. The lowest BCUT2D eigenvalue weighted by molar-refractivity contribution is -0.121. The first-order valence-electron chi connectivity index (χ1n) is 10.4. The summed E-state index contributed by atoms with van der Waals surface area (Å²) in [4.78, 5) is 25.1. The highest BCUT2D eigenvalue weighted by Gasteiger charge is 2.30. The number of ether oxygens (including phenoxy) is 2. The minimum absolute atomic E-state index is 0.0617. The van der Waals surface area contributed by atoms with Gasteiger partial charge in [-0.05, 0) is 49.6 Å². The molecule has 0 spiro atoms. The van der Waals surface area contributed by atoms with E-state index in [9.17, 15) is 14.9 Å². The fourth-order valence-corrected chi connectivity index (χ4v) is 4.85. The van der Waals surface area contributed by atoms with Gasteiger partial charge in [0.2, 0.25) is 11.8 Å². The topological polar surface area (TPSA) is 100 Å². The van der Waals surface area contributed by atoms with Crippen LogP contribution in [0.25, 0.3) is 0 Å². The van der Waals surface area contributed by atoms with Crippen molar-refractivity contribution in [3.63, 3.8) is 0 Å². The number of thioether (sulfide) groups is 1. The molecule has 0 saturated carbocycles. The van der Waals surface area contributed by atoms with Gasteiger partial charge in [0, 0.05) is 18.0 Å². The fourth-order valence-electron chi connectivity index (χ4n) is 3.98. The number of allylic oxidation sites excluding steroid dienone is 1. The number of nitrogens with one attached hydrogen (secondary N) is 2. The molecule has 2 aromatic carbocycles. The Hall–Kier alpha value is -3.44. The van der Waals surface area contributed by atoms with Gasteiger partial charge in [-0.2, -0.15) is 5.26 Å². The van der Waals surface area contributed by atoms with Gasteiger partial charge in [0.25, 0.3) is 0 Å². The molecule has 1 atom stereocenters. The second-order valence-corrected chi connectivity index (χ2v) is 8.87. The summed E-state index contributed by atoms with van der Waals surface area (Å²) in [6.45, 7) is 5.92. The first kappa shape index (κ1) is 24.2. The third kappa shape index (κ3) is 5.49. The molecule has 2 amide bonds. The van der Waals surface area contributed by atoms with Crippen LogP contribution in [0.1, 0.15) is 34.6 Å². The smallest absolute Gasteiger partial charge is 0.234 e. The normalized spacial score (nSPS) is 15.5. The molecule has 7 nitrogen and oxygen atoms in total. The second-order valence-electron chi connectivity index (χ2n) is 7.88. The molecule has 0 aromatic heterocycles. The zero-order valence-corrected chi connectivity index (χ0v) is 20.2. The van der Waals surface area contributed by atoms with E-state index in [1.807, 2.05) is 39.0 Å². The highest BCUT2D eigenvalue weighted by Crippen LogP contribution is 2.39. The summed E-state index contributed by atoms with van der Waals surface area (Å²) in [5.41, 5.74) is 5.09. The lowest BCUT2D eigenvalue weighted by Crippen LogP contribution is -2.31. The Labute approximate surface area is 198 Å². The zero-order chi connectivity index (χ0) is 24.1. The number of nitriles is 1. The molecule has 0 bridgehead atoms. The summed E-state index contributed by atoms with van der Waals surface area (Å²) >= 11 is 1.15. The molecule has 0 saturated heterocycles. The first-order chi connectivity index (χ1) is 15.8. The van der Waals surface area contributed by atoms with E-state index in [0.717, 1.165) is 39.7 Å². The van der Waals surface area contributed by atoms with Crippen molar-refractivity contribution in [2.75, 3.05) is 25.3 Å². The number of aryl methyl sites for hydroxylation is 3. The van der Waals surface area contributed by atoms with Crippen LogP contribution in [-0.4, -0.2) is 31.8 Å². The summed E-state index contributed by atoms with van der Waals surface area (Å²) in [6.07, 6.45) is 0.135. The van der Waals surface area contributed by atoms with E-state index in [2.05, 4.69) is 16.7 Å². The van der Waals surface area contributed by atoms with Crippen molar-refractivity contribution < 1.29 is 19.1 Å². The second kappa shape index (κ2) is 10.5. The number of amides is 2. The van der Waals surface area contributed by atoms with Gasteiger partial charge in [0.15, 0.2) is 11.5 Å². The number of anilines is 1. The van der Waals surface area contributed by atoms with Crippen molar-refractivity contribution in [3.05, 3.63) is 63.2 Å². The van der Waals surface area contributed by atoms with Crippen molar-refractivity contribution in [3.8, 4) is 17.6 Å². The summed E-state index contributed by atoms with van der Waals surface area (Å²) in [5.74, 6) is 0.305. The number of carbonyl (C=O) groups is 2. The van der Waals surface area contributed by atoms with Crippen LogP contribution in [0.15, 0.2) is 40.9 Å². The lowest BCUT2D eigenvalue weighted by atomic mass is 9.87. The fraction of sp³-hybridized carbons (Fsp3) is 0.320. The van der Waals surface area contributed by atoms with Gasteiger partial charge in [-0.3, -0.25) is 9.59 Å². The van der Waals surface area contributed by atoms with E-state index in [4.69, 9.17) is 9.47 Å². The molecule has 2 aromatic rings. The van der Waals surface area contributed by atoms with Gasteiger partial charge >= 0.3 is 0 Å². The minimum atomic E-state index is -0.435. The van der Waals surface area contributed by atoms with E-state index >= 15 is 0 Å². The van der Waals surface area contributed by atoms with E-state index in [-0.39, 0.29) is 24.0 Å². The number of hydrogen-bond donors (Lipinski definition) is 2. The maximum absolute atomic E-state index is 12.6. The molecule has 0 fully saturated rings. The number of rotatable bonds is 7. The predicted molar refractivity (Wildman–Crippen MR) is 129 cm³/mol. The molecule has 1 aliphatic heterocycles. The number of carbonyl (C=O) groups excluding carboxylic acids is 2. The van der Waals surface area contributed by atoms with E-state index in [1.54, 1.807) is 19.2 Å². The highest BCUT2D eigenvalue weighted by atomic mass is 32.2. The van der Waals surface area contributed by atoms with E-state index < -0.39 is 5.92 Å². The van der Waals surface area contributed by atoms with E-state index in [0.29, 0.717) is 22.1 Å². The van der Waals surface area contributed by atoms with Gasteiger partial charge in [-0.1, -0.05) is 35.5 Å². The first-order valence-corrected chi connectivity index (χ1v) is 11.4. The minimum Gasteiger partial charge on any atom is -0.493 e. The number of benzene rings is 2. The average Bonchev–Trinajstić information content (AvgIpc) is 2.79. The molecule has 3 rings (SSSR count). The Balaban J connectivity index is 1.81. The molecule has 0 radical (unpaired) electrons. The highest BCUT2D eigenvalue weighted by molar-refractivity contribution is 8.03. The third-order valence-electron chi connectivity index (χ3n) is 5.46. The maximum Gasteiger partial charge on any atom is 0.234 e. The predicted octanol–water partition coefficient (Wildman–Crippen LogP) is 4.34. The average molecular weight is 466 g/mol. The van der Waals surface area contributed by atoms with Crippen molar-refractivity contribution in [2.24, 2.45) is 0 Å². The molecule has 172 valence electrons. The van der Waals surface area contributed by atoms with Crippen LogP contribution in [0, 0.1) is 32.1 Å². The monoisotopic (exact) mass is 465 g/mol. The van der Waals surface area contributed by atoms with Gasteiger partial charge < -0.3 is 20.1 Å². The van der Waals surface area contributed by atoms with Gasteiger partial charge in [-0.15, -0.1) is 0 Å². The van der Waals surface area contributed by atoms with Crippen molar-refractivity contribution >= 4 is 29.3 Å². The Morgan fingerprint density at radius 1 is 1.15 bits per heavy atom. The standard InChI is InChI=1S/C25H27N3O4S/c1-14-8-15(2)24(16(3)9-14)27-23(30)13-33-25-19(12-26)18(11-22(29)28-25)17-6-7-20(31-4)21(10-17)32-5/h6-10,18H,11,13H2,1-5H3,(H,27,30)(H,28,29). The summed E-state index contributed by atoms with van der Waals surface area (Å²) in [6, 6.07) is 11.6. The molecule has 0 aliphatic carbocycles. The van der Waals surface area contributed by atoms with Crippen molar-refractivity contribution in [1.82, 2.24) is 5.32 Å². The van der Waals surface area contributed by atoms with Crippen LogP contribution in [0.2, 0.25) is 0 Å². The third-order valence-corrected chi connectivity index (χ3v) is 6.47. The van der Waals surface area contributed by atoms with Crippen molar-refractivity contribution in [2.45, 2.75) is 33.1 Å². The van der Waals surface area contributed by atoms with Crippen LogP contribution in [-0.2, 0) is 9.59 Å². The Kier molecular flexibility index (Phi) is 7.67. The Morgan fingerprint density at radius 2 is 1.82 bits per heavy atom. The number of methoxy groups -OCH3 is 2. The van der Waals surface area contributed by atoms with Crippen LogP contribution in [0.5, 0.6) is 11.5 Å². The quantitative estimate of drug-likeness (QED) is 0.631. The molecule has 2 N–H and O–H groups in total. The molecular formula is C25H27N3O4S. The lowest BCUT2D eigenvalue weighted by Gasteiger charge is -2.25. The Bertz CT molecular complexity index is 1140. The SMILES string of the molecule is COc1ccc(C2CC(=O)NC(SCC(=O)Nc3c(C)cc(C)cc3C)=C2C#N)cc1OC. The largest absolute Gasteiger partial charge is 0.493 e. The summed E-state index contributed by atoms with van der Waals surface area (Å²) in [5, 5.41) is 16.0. The van der Waals surface area contributed by atoms with Crippen LogP contribution < -0.4 is 20.1 Å². The molecule has 1 heterocycles. The molecule has 1 unspecified atom stereocenters. The van der Waals surface area contributed by atoms with Crippen LogP contribution in [0.3, 0.4) is 0 Å². The van der Waals surface area contributed by atoms with Gasteiger partial charge in [-0.25, -0.2) is 0 Å². The van der Waals surface area contributed by atoms with Gasteiger partial charge in [0.05, 0.1) is 36.6 Å². The number of hydrogen-bond acceptors (Lipinski definition) is 6. The van der Waals surface area contributed by atoms with Crippen molar-refractivity contribution in [1.29, 1.82) is 5.26 Å². The van der Waals surface area contributed by atoms with Crippen LogP contribution >= 0.6 is 11.8 Å². The van der Waals surface area contributed by atoms with Gasteiger partial charge in [0.1, 0.15) is 0 Å². The Morgan fingerprint density at radius 3 is 2.42 bits per heavy atom. The molecule has 33 heavy (non-hydrogen) atoms. The van der Waals surface area contributed by atoms with Crippen LogP contribution in [0.4, 0.5) is 5.69 Å². The maximum atomic E-state index is 12.6. The molecule has 8 heteroatoms. The van der Waals surface area contributed by atoms with E-state index in [1.165, 1.54) is 7.11 Å².